The summed E-state index contributed by atoms with van der Waals surface area (Å²) >= 11 is 0. The summed E-state index contributed by atoms with van der Waals surface area (Å²) in [4.78, 5) is 28.0. The van der Waals surface area contributed by atoms with Crippen LogP contribution in [0, 0.1) is 5.41 Å². The first-order valence-corrected chi connectivity index (χ1v) is 15.2. The molecule has 0 aromatic rings. The van der Waals surface area contributed by atoms with E-state index in [2.05, 4.69) is 26.1 Å². The van der Waals surface area contributed by atoms with Crippen molar-refractivity contribution >= 4 is 11.9 Å². The number of unbranched alkanes of at least 4 members (excludes halogenated alkanes) is 5. The Hall–Kier alpha value is -1.32. The first-order chi connectivity index (χ1) is 16.9. The summed E-state index contributed by atoms with van der Waals surface area (Å²) in [6.07, 6.45) is 24.1. The molecule has 3 rings (SSSR count). The fraction of sp³-hybridized carbons (Fsp3) is 0.871. The van der Waals surface area contributed by atoms with Gasteiger partial charge in [-0.05, 0) is 76.5 Å². The van der Waals surface area contributed by atoms with Crippen molar-refractivity contribution in [3.05, 3.63) is 11.1 Å². The molecule has 0 radical (unpaired) electrons. The largest absolute Gasteiger partial charge is 0.335 e. The van der Waals surface area contributed by atoms with E-state index in [4.69, 9.17) is 0 Å². The van der Waals surface area contributed by atoms with E-state index in [1.807, 2.05) is 0 Å². The molecule has 4 heteroatoms. The second-order valence-corrected chi connectivity index (χ2v) is 12.5. The molecule has 0 aromatic heterocycles. The van der Waals surface area contributed by atoms with Gasteiger partial charge in [-0.2, -0.15) is 0 Å². The van der Waals surface area contributed by atoms with Gasteiger partial charge in [-0.3, -0.25) is 9.69 Å². The monoisotopic (exact) mass is 486 g/mol. The number of amides is 3. The lowest BCUT2D eigenvalue weighted by atomic mass is 9.71. The molecular formula is C31H54N2O2. The molecule has 3 amide bonds. The van der Waals surface area contributed by atoms with Crippen molar-refractivity contribution < 1.29 is 9.59 Å². The molecule has 2 saturated carbocycles. The Morgan fingerprint density at radius 1 is 0.829 bits per heavy atom. The minimum absolute atomic E-state index is 0.0622. The molecule has 3 aliphatic rings. The van der Waals surface area contributed by atoms with Crippen LogP contribution in [0.4, 0.5) is 4.79 Å². The van der Waals surface area contributed by atoms with E-state index in [9.17, 15) is 9.59 Å². The summed E-state index contributed by atoms with van der Waals surface area (Å²) in [5.74, 6) is 0.0622. The van der Waals surface area contributed by atoms with Crippen molar-refractivity contribution in [2.75, 3.05) is 0 Å². The van der Waals surface area contributed by atoms with Crippen molar-refractivity contribution in [1.82, 2.24) is 10.2 Å². The van der Waals surface area contributed by atoms with Gasteiger partial charge in [-0.25, -0.2) is 4.79 Å². The second-order valence-electron chi connectivity index (χ2n) is 12.5. The number of allylic oxidation sites excluding steroid dienone is 2. The highest BCUT2D eigenvalue weighted by molar-refractivity contribution is 5.95. The maximum atomic E-state index is 13.2. The van der Waals surface area contributed by atoms with Crippen LogP contribution in [0.2, 0.25) is 0 Å². The number of urea groups is 1. The zero-order valence-electron chi connectivity index (χ0n) is 23.3. The highest BCUT2D eigenvalue weighted by atomic mass is 16.2. The van der Waals surface area contributed by atoms with Crippen LogP contribution in [0.15, 0.2) is 11.1 Å². The lowest BCUT2D eigenvalue weighted by Crippen LogP contribution is -2.52. The zero-order chi connectivity index (χ0) is 25.1. The molecule has 200 valence electrons. The van der Waals surface area contributed by atoms with Gasteiger partial charge >= 0.3 is 6.03 Å². The van der Waals surface area contributed by atoms with Gasteiger partial charge in [0.1, 0.15) is 0 Å². The van der Waals surface area contributed by atoms with Crippen LogP contribution in [0.1, 0.15) is 156 Å². The smallest absolute Gasteiger partial charge is 0.324 e. The molecule has 0 aliphatic heterocycles. The molecule has 3 aliphatic carbocycles. The normalized spacial score (nSPS) is 21.7. The number of carbonyl (C=O) groups is 2. The Morgan fingerprint density at radius 2 is 1.43 bits per heavy atom. The minimum atomic E-state index is -0.107. The summed E-state index contributed by atoms with van der Waals surface area (Å²) < 4.78 is 0. The molecule has 0 aromatic carbocycles. The average molecular weight is 487 g/mol. The first-order valence-electron chi connectivity index (χ1n) is 15.2. The van der Waals surface area contributed by atoms with Gasteiger partial charge < -0.3 is 5.32 Å². The Bertz CT molecular complexity index is 699. The van der Waals surface area contributed by atoms with Gasteiger partial charge in [0, 0.05) is 18.5 Å². The topological polar surface area (TPSA) is 49.4 Å². The molecule has 0 heterocycles. The SMILES string of the molecule is CC1=C(CCCCCCCCC(=O)N(C(=O)NC2CCCCC2)C2CCCCC2)C(C)(C)CCC1. The third-order valence-electron chi connectivity index (χ3n) is 9.11. The Kier molecular flexibility index (Phi) is 11.6. The lowest BCUT2D eigenvalue weighted by molar-refractivity contribution is -0.130. The summed E-state index contributed by atoms with van der Waals surface area (Å²) in [5.41, 5.74) is 3.77. The third kappa shape index (κ3) is 8.93. The van der Waals surface area contributed by atoms with Gasteiger partial charge in [0.05, 0.1) is 0 Å². The van der Waals surface area contributed by atoms with Crippen molar-refractivity contribution in [3.8, 4) is 0 Å². The van der Waals surface area contributed by atoms with Crippen LogP contribution in [0.5, 0.6) is 0 Å². The quantitative estimate of drug-likeness (QED) is 0.234. The summed E-state index contributed by atoms with van der Waals surface area (Å²) in [6, 6.07) is 0.263. The molecule has 0 bridgehead atoms. The molecule has 4 nitrogen and oxygen atoms in total. The Labute approximate surface area is 216 Å². The van der Waals surface area contributed by atoms with E-state index < -0.39 is 0 Å². The van der Waals surface area contributed by atoms with Crippen molar-refractivity contribution in [1.29, 1.82) is 0 Å². The molecule has 2 fully saturated rings. The molecule has 0 spiro atoms. The predicted octanol–water partition coefficient (Wildman–Crippen LogP) is 8.84. The number of nitrogens with zero attached hydrogens (tertiary/aromatic N) is 1. The van der Waals surface area contributed by atoms with Crippen LogP contribution in [-0.4, -0.2) is 28.9 Å². The minimum Gasteiger partial charge on any atom is -0.335 e. The standard InChI is InChI=1S/C31H54N2O2/c1-25-17-16-24-31(2,3)28(25)22-14-6-4-5-7-15-23-29(34)33(27-20-12-9-13-21-27)30(35)32-26-18-10-8-11-19-26/h26-27H,4-24H2,1-3H3,(H,32,35). The summed E-state index contributed by atoms with van der Waals surface area (Å²) in [6.45, 7) is 7.20. The van der Waals surface area contributed by atoms with Crippen molar-refractivity contribution in [2.45, 2.75) is 168 Å². The number of hydrogen-bond donors (Lipinski definition) is 1. The zero-order valence-corrected chi connectivity index (χ0v) is 23.3. The van der Waals surface area contributed by atoms with E-state index >= 15 is 0 Å². The van der Waals surface area contributed by atoms with E-state index in [0.717, 1.165) is 51.4 Å². The highest BCUT2D eigenvalue weighted by Gasteiger charge is 2.32. The van der Waals surface area contributed by atoms with Gasteiger partial charge in [-0.1, -0.05) is 89.2 Å². The third-order valence-corrected chi connectivity index (χ3v) is 9.11. The summed E-state index contributed by atoms with van der Waals surface area (Å²) in [7, 11) is 0. The number of carbonyl (C=O) groups excluding carboxylic acids is 2. The van der Waals surface area contributed by atoms with E-state index in [1.54, 1.807) is 16.0 Å². The molecule has 0 unspecified atom stereocenters. The van der Waals surface area contributed by atoms with Crippen molar-refractivity contribution in [3.63, 3.8) is 0 Å². The maximum absolute atomic E-state index is 13.2. The van der Waals surface area contributed by atoms with Crippen LogP contribution >= 0.6 is 0 Å². The van der Waals surface area contributed by atoms with Gasteiger partial charge in [0.15, 0.2) is 0 Å². The van der Waals surface area contributed by atoms with Gasteiger partial charge in [-0.15, -0.1) is 0 Å². The lowest BCUT2D eigenvalue weighted by Gasteiger charge is -2.35. The van der Waals surface area contributed by atoms with Crippen LogP contribution in [0.25, 0.3) is 0 Å². The highest BCUT2D eigenvalue weighted by Crippen LogP contribution is 2.42. The number of nitrogens with one attached hydrogen (secondary N) is 1. The van der Waals surface area contributed by atoms with Crippen molar-refractivity contribution in [2.24, 2.45) is 5.41 Å². The fourth-order valence-electron chi connectivity index (χ4n) is 6.95. The second kappa shape index (κ2) is 14.4. The number of hydrogen-bond acceptors (Lipinski definition) is 2. The Morgan fingerprint density at radius 3 is 2.09 bits per heavy atom. The van der Waals surface area contributed by atoms with E-state index in [1.165, 1.54) is 77.0 Å². The number of rotatable bonds is 11. The molecule has 0 atom stereocenters. The van der Waals surface area contributed by atoms with Gasteiger partial charge in [0.25, 0.3) is 0 Å². The molecule has 1 N–H and O–H groups in total. The molecular weight excluding hydrogens is 432 g/mol. The van der Waals surface area contributed by atoms with E-state index in [-0.39, 0.29) is 24.0 Å². The van der Waals surface area contributed by atoms with Crippen LogP contribution in [0.3, 0.4) is 0 Å². The number of imide groups is 1. The van der Waals surface area contributed by atoms with Gasteiger partial charge in [0.2, 0.25) is 5.91 Å². The first kappa shape index (κ1) is 28.3. The average Bonchev–Trinajstić information content (AvgIpc) is 2.83. The Balaban J connectivity index is 1.36. The van der Waals surface area contributed by atoms with E-state index in [0.29, 0.717) is 11.8 Å². The fourth-order valence-corrected chi connectivity index (χ4v) is 6.95. The molecule has 35 heavy (non-hydrogen) atoms. The maximum Gasteiger partial charge on any atom is 0.324 e. The molecule has 0 saturated heterocycles. The summed E-state index contributed by atoms with van der Waals surface area (Å²) in [5, 5.41) is 3.22. The predicted molar refractivity (Wildman–Crippen MR) is 146 cm³/mol. The van der Waals surface area contributed by atoms with Crippen LogP contribution in [-0.2, 0) is 4.79 Å². The van der Waals surface area contributed by atoms with Crippen LogP contribution < -0.4 is 5.32 Å².